The van der Waals surface area contributed by atoms with Gasteiger partial charge in [0.1, 0.15) is 0 Å². The van der Waals surface area contributed by atoms with Crippen LogP contribution in [0.5, 0.6) is 11.5 Å². The Kier molecular flexibility index (Phi) is 9.43. The fourth-order valence-corrected chi connectivity index (χ4v) is 2.86. The molecule has 0 aliphatic carbocycles. The van der Waals surface area contributed by atoms with E-state index in [0.29, 0.717) is 43.6 Å². The normalized spacial score (nSPS) is 18.0. The molecular formula is C17H26F3IN4O2. The van der Waals surface area contributed by atoms with Gasteiger partial charge in [-0.25, -0.2) is 0 Å². The number of methoxy groups -OCH3 is 1. The first-order valence-electron chi connectivity index (χ1n) is 8.45. The molecule has 0 bridgehead atoms. The van der Waals surface area contributed by atoms with Crippen LogP contribution in [0.3, 0.4) is 0 Å². The summed E-state index contributed by atoms with van der Waals surface area (Å²) in [7, 11) is 3.18. The molecule has 1 unspecified atom stereocenters. The van der Waals surface area contributed by atoms with E-state index in [4.69, 9.17) is 9.47 Å². The van der Waals surface area contributed by atoms with Crippen molar-refractivity contribution in [2.24, 2.45) is 4.99 Å². The molecule has 2 rings (SSSR count). The van der Waals surface area contributed by atoms with Gasteiger partial charge >= 0.3 is 6.18 Å². The SMILES string of the molecule is CCOc1cc(NC(=NC)NC2CCN(CC(F)(F)F)C2)ccc1OC.I. The first kappa shape index (κ1) is 23.6. The predicted octanol–water partition coefficient (Wildman–Crippen LogP) is 3.34. The van der Waals surface area contributed by atoms with Gasteiger partial charge in [-0.2, -0.15) is 13.2 Å². The average molecular weight is 502 g/mol. The van der Waals surface area contributed by atoms with E-state index in [1.54, 1.807) is 26.3 Å². The molecule has 1 aliphatic rings. The number of nitrogens with one attached hydrogen (secondary N) is 2. The van der Waals surface area contributed by atoms with E-state index in [-0.39, 0.29) is 30.0 Å². The van der Waals surface area contributed by atoms with Crippen molar-refractivity contribution in [1.82, 2.24) is 10.2 Å². The van der Waals surface area contributed by atoms with Gasteiger partial charge in [-0.3, -0.25) is 9.89 Å². The van der Waals surface area contributed by atoms with E-state index in [2.05, 4.69) is 15.6 Å². The predicted molar refractivity (Wildman–Crippen MR) is 111 cm³/mol. The first-order valence-corrected chi connectivity index (χ1v) is 8.45. The average Bonchev–Trinajstić information content (AvgIpc) is 2.99. The van der Waals surface area contributed by atoms with Gasteiger partial charge in [0.2, 0.25) is 0 Å². The maximum absolute atomic E-state index is 12.5. The van der Waals surface area contributed by atoms with Crippen LogP contribution in [0.2, 0.25) is 0 Å². The Morgan fingerprint density at radius 3 is 2.67 bits per heavy atom. The molecule has 1 heterocycles. The molecule has 154 valence electrons. The van der Waals surface area contributed by atoms with E-state index in [0.717, 1.165) is 5.69 Å². The van der Waals surface area contributed by atoms with Crippen molar-refractivity contribution >= 4 is 35.6 Å². The zero-order valence-corrected chi connectivity index (χ0v) is 17.9. The molecule has 1 atom stereocenters. The molecule has 0 saturated carbocycles. The Hall–Kier alpha value is -1.43. The maximum Gasteiger partial charge on any atom is 0.401 e. The van der Waals surface area contributed by atoms with E-state index < -0.39 is 12.7 Å². The minimum Gasteiger partial charge on any atom is -0.493 e. The molecule has 1 aromatic rings. The second kappa shape index (κ2) is 10.8. The van der Waals surface area contributed by atoms with Crippen LogP contribution in [0.15, 0.2) is 23.2 Å². The number of hydrogen-bond donors (Lipinski definition) is 2. The van der Waals surface area contributed by atoms with Crippen molar-refractivity contribution < 1.29 is 22.6 Å². The van der Waals surface area contributed by atoms with E-state index in [1.807, 2.05) is 13.0 Å². The van der Waals surface area contributed by atoms with Crippen LogP contribution in [0.4, 0.5) is 18.9 Å². The summed E-state index contributed by atoms with van der Waals surface area (Å²) in [5.74, 6) is 1.73. The summed E-state index contributed by atoms with van der Waals surface area (Å²) in [6.07, 6.45) is -3.54. The second-order valence-electron chi connectivity index (χ2n) is 5.98. The van der Waals surface area contributed by atoms with Gasteiger partial charge in [0, 0.05) is 37.9 Å². The number of rotatable bonds is 6. The van der Waals surface area contributed by atoms with Crippen LogP contribution in [0.25, 0.3) is 0 Å². The van der Waals surface area contributed by atoms with Gasteiger partial charge < -0.3 is 20.1 Å². The highest BCUT2D eigenvalue weighted by Crippen LogP contribution is 2.30. The van der Waals surface area contributed by atoms with Crippen molar-refractivity contribution in [2.45, 2.75) is 25.6 Å². The molecule has 0 aromatic heterocycles. The van der Waals surface area contributed by atoms with Crippen LogP contribution in [0, 0.1) is 0 Å². The van der Waals surface area contributed by atoms with E-state index >= 15 is 0 Å². The maximum atomic E-state index is 12.5. The minimum atomic E-state index is -4.17. The number of halogens is 4. The zero-order valence-electron chi connectivity index (χ0n) is 15.6. The van der Waals surface area contributed by atoms with Gasteiger partial charge in [0.15, 0.2) is 17.5 Å². The smallest absolute Gasteiger partial charge is 0.401 e. The summed E-state index contributed by atoms with van der Waals surface area (Å²) in [5.41, 5.74) is 0.743. The molecule has 6 nitrogen and oxygen atoms in total. The lowest BCUT2D eigenvalue weighted by atomic mass is 10.2. The Bertz CT molecular complexity index is 629. The lowest BCUT2D eigenvalue weighted by molar-refractivity contribution is -0.143. The molecule has 0 spiro atoms. The lowest BCUT2D eigenvalue weighted by Gasteiger charge is -2.20. The van der Waals surface area contributed by atoms with Crippen molar-refractivity contribution in [1.29, 1.82) is 0 Å². The van der Waals surface area contributed by atoms with Crippen molar-refractivity contribution in [3.05, 3.63) is 18.2 Å². The monoisotopic (exact) mass is 502 g/mol. The molecule has 2 N–H and O–H groups in total. The van der Waals surface area contributed by atoms with Crippen molar-refractivity contribution in [3.63, 3.8) is 0 Å². The largest absolute Gasteiger partial charge is 0.493 e. The molecule has 0 amide bonds. The molecule has 1 saturated heterocycles. The zero-order chi connectivity index (χ0) is 19.2. The highest BCUT2D eigenvalue weighted by Gasteiger charge is 2.34. The molecule has 1 fully saturated rings. The number of benzene rings is 1. The number of alkyl halides is 3. The van der Waals surface area contributed by atoms with Gasteiger partial charge in [-0.1, -0.05) is 0 Å². The molecule has 27 heavy (non-hydrogen) atoms. The Morgan fingerprint density at radius 2 is 2.07 bits per heavy atom. The van der Waals surface area contributed by atoms with Crippen LogP contribution in [0.1, 0.15) is 13.3 Å². The van der Waals surface area contributed by atoms with Crippen LogP contribution >= 0.6 is 24.0 Å². The number of ether oxygens (including phenoxy) is 2. The Morgan fingerprint density at radius 1 is 1.33 bits per heavy atom. The highest BCUT2D eigenvalue weighted by atomic mass is 127. The summed E-state index contributed by atoms with van der Waals surface area (Å²) in [6, 6.07) is 5.30. The number of hydrogen-bond acceptors (Lipinski definition) is 4. The van der Waals surface area contributed by atoms with Crippen molar-refractivity contribution in [2.75, 3.05) is 45.7 Å². The molecule has 10 heteroatoms. The van der Waals surface area contributed by atoms with Gasteiger partial charge in [-0.15, -0.1) is 24.0 Å². The van der Waals surface area contributed by atoms with E-state index in [9.17, 15) is 13.2 Å². The van der Waals surface area contributed by atoms with Gasteiger partial charge in [0.05, 0.1) is 20.3 Å². The van der Waals surface area contributed by atoms with Crippen LogP contribution < -0.4 is 20.1 Å². The molecule has 0 radical (unpaired) electrons. The molecule has 1 aromatic carbocycles. The quantitative estimate of drug-likeness (QED) is 0.355. The molecule has 1 aliphatic heterocycles. The third kappa shape index (κ3) is 7.60. The van der Waals surface area contributed by atoms with E-state index in [1.165, 1.54) is 4.90 Å². The van der Waals surface area contributed by atoms with Gasteiger partial charge in [0.25, 0.3) is 0 Å². The second-order valence-corrected chi connectivity index (χ2v) is 5.98. The Balaban J connectivity index is 0.00000364. The number of aliphatic imine (C=N–C) groups is 1. The summed E-state index contributed by atoms with van der Waals surface area (Å²) in [4.78, 5) is 5.54. The third-order valence-electron chi connectivity index (χ3n) is 3.97. The number of likely N-dealkylation sites (tertiary alicyclic amines) is 1. The summed E-state index contributed by atoms with van der Waals surface area (Å²) in [6.45, 7) is 2.24. The summed E-state index contributed by atoms with van der Waals surface area (Å²) in [5, 5.41) is 6.30. The van der Waals surface area contributed by atoms with Gasteiger partial charge in [-0.05, 0) is 25.5 Å². The fourth-order valence-electron chi connectivity index (χ4n) is 2.86. The number of nitrogens with zero attached hydrogens (tertiary/aromatic N) is 2. The Labute approximate surface area is 174 Å². The van der Waals surface area contributed by atoms with Crippen LogP contribution in [-0.2, 0) is 0 Å². The highest BCUT2D eigenvalue weighted by molar-refractivity contribution is 14.0. The van der Waals surface area contributed by atoms with Crippen LogP contribution in [-0.4, -0.2) is 63.5 Å². The minimum absolute atomic E-state index is 0. The number of guanidine groups is 1. The molecular weight excluding hydrogens is 476 g/mol. The third-order valence-corrected chi connectivity index (χ3v) is 3.97. The first-order chi connectivity index (χ1) is 12.3. The standard InChI is InChI=1S/C17H25F3N4O2.HI/c1-4-26-15-9-12(5-6-14(15)25-3)22-16(21-2)23-13-7-8-24(10-13)11-17(18,19)20;/h5-6,9,13H,4,7-8,10-11H2,1-3H3,(H2,21,22,23);1H. The fraction of sp³-hybridized carbons (Fsp3) is 0.588. The number of anilines is 1. The summed E-state index contributed by atoms with van der Waals surface area (Å²) < 4.78 is 48.3. The van der Waals surface area contributed by atoms with Crippen molar-refractivity contribution in [3.8, 4) is 11.5 Å². The topological polar surface area (TPSA) is 58.1 Å². The lowest BCUT2D eigenvalue weighted by Crippen LogP contribution is -2.42. The summed E-state index contributed by atoms with van der Waals surface area (Å²) >= 11 is 0.